The Labute approximate surface area is 107 Å². The van der Waals surface area contributed by atoms with Crippen LogP contribution >= 0.6 is 11.8 Å². The molecule has 0 saturated heterocycles. The molecule has 0 saturated carbocycles. The van der Waals surface area contributed by atoms with Crippen LogP contribution in [0.15, 0.2) is 47.6 Å². The number of nitrogens with one attached hydrogen (secondary N) is 2. The molecule has 3 heteroatoms. The largest absolute Gasteiger partial charge is 0.367 e. The maximum Gasteiger partial charge on any atom is 0.0294 e. The van der Waals surface area contributed by atoms with Crippen LogP contribution in [-0.2, 0) is 6.54 Å². The van der Waals surface area contributed by atoms with Crippen LogP contribution < -0.4 is 5.32 Å². The predicted octanol–water partition coefficient (Wildman–Crippen LogP) is 3.59. The summed E-state index contributed by atoms with van der Waals surface area (Å²) in [5.74, 6) is 0. The fourth-order valence-electron chi connectivity index (χ4n) is 1.75. The van der Waals surface area contributed by atoms with Crippen LogP contribution in [0.2, 0.25) is 0 Å². The van der Waals surface area contributed by atoms with Gasteiger partial charge in [0.05, 0.1) is 0 Å². The topological polar surface area (TPSA) is 27.8 Å². The van der Waals surface area contributed by atoms with Crippen LogP contribution in [0, 0.1) is 0 Å². The SMILES string of the molecule is CSc1ccc(C(C)NCc2cc[nH]c2)cc1. The van der Waals surface area contributed by atoms with E-state index in [0.29, 0.717) is 6.04 Å². The van der Waals surface area contributed by atoms with E-state index >= 15 is 0 Å². The molecule has 2 N–H and O–H groups in total. The first kappa shape index (κ1) is 12.3. The molecule has 1 aromatic heterocycles. The van der Waals surface area contributed by atoms with Crippen molar-refractivity contribution in [3.63, 3.8) is 0 Å². The average Bonchev–Trinajstić information content (AvgIpc) is 2.89. The standard InChI is InChI=1S/C14H18N2S/c1-11(16-10-12-7-8-15-9-12)13-3-5-14(17-2)6-4-13/h3-9,11,15-16H,10H2,1-2H3. The van der Waals surface area contributed by atoms with Crippen molar-refractivity contribution in [1.82, 2.24) is 10.3 Å². The van der Waals surface area contributed by atoms with Gasteiger partial charge in [-0.2, -0.15) is 0 Å². The number of H-pyrrole nitrogens is 1. The Morgan fingerprint density at radius 2 is 2.00 bits per heavy atom. The first-order valence-electron chi connectivity index (χ1n) is 5.78. The van der Waals surface area contributed by atoms with E-state index in [1.807, 2.05) is 12.4 Å². The van der Waals surface area contributed by atoms with E-state index in [4.69, 9.17) is 0 Å². The van der Waals surface area contributed by atoms with Crippen molar-refractivity contribution in [3.8, 4) is 0 Å². The molecule has 0 amide bonds. The Morgan fingerprint density at radius 1 is 1.24 bits per heavy atom. The molecule has 0 aliphatic carbocycles. The summed E-state index contributed by atoms with van der Waals surface area (Å²) in [6, 6.07) is 11.2. The third-order valence-corrected chi connectivity index (χ3v) is 3.63. The number of benzene rings is 1. The van der Waals surface area contributed by atoms with Crippen molar-refractivity contribution in [1.29, 1.82) is 0 Å². The van der Waals surface area contributed by atoms with Crippen molar-refractivity contribution >= 4 is 11.8 Å². The minimum atomic E-state index is 0.376. The van der Waals surface area contributed by atoms with Crippen LogP contribution in [-0.4, -0.2) is 11.2 Å². The zero-order valence-electron chi connectivity index (χ0n) is 10.2. The summed E-state index contributed by atoms with van der Waals surface area (Å²) in [7, 11) is 0. The van der Waals surface area contributed by atoms with Crippen LogP contribution in [0.3, 0.4) is 0 Å². The lowest BCUT2D eigenvalue weighted by Gasteiger charge is -2.14. The molecule has 1 heterocycles. The number of hydrogen-bond acceptors (Lipinski definition) is 2. The Balaban J connectivity index is 1.92. The molecule has 0 radical (unpaired) electrons. The molecule has 0 aliphatic rings. The molecule has 17 heavy (non-hydrogen) atoms. The molecule has 90 valence electrons. The molecular formula is C14H18N2S. The molecule has 1 unspecified atom stereocenters. The van der Waals surface area contributed by atoms with E-state index in [1.54, 1.807) is 11.8 Å². The Bertz CT molecular complexity index is 434. The van der Waals surface area contributed by atoms with Gasteiger partial charge in [-0.15, -0.1) is 11.8 Å². The van der Waals surface area contributed by atoms with E-state index in [2.05, 4.69) is 53.8 Å². The summed E-state index contributed by atoms with van der Waals surface area (Å²) in [5, 5.41) is 3.51. The summed E-state index contributed by atoms with van der Waals surface area (Å²) in [4.78, 5) is 4.38. The normalized spacial score (nSPS) is 12.6. The highest BCUT2D eigenvalue weighted by Gasteiger charge is 2.04. The van der Waals surface area contributed by atoms with E-state index in [1.165, 1.54) is 16.0 Å². The van der Waals surface area contributed by atoms with E-state index in [9.17, 15) is 0 Å². The van der Waals surface area contributed by atoms with Crippen molar-refractivity contribution in [2.45, 2.75) is 24.4 Å². The lowest BCUT2D eigenvalue weighted by molar-refractivity contribution is 0.574. The highest BCUT2D eigenvalue weighted by molar-refractivity contribution is 7.98. The highest BCUT2D eigenvalue weighted by atomic mass is 32.2. The van der Waals surface area contributed by atoms with Gasteiger partial charge in [0.15, 0.2) is 0 Å². The van der Waals surface area contributed by atoms with Gasteiger partial charge in [-0.25, -0.2) is 0 Å². The number of aromatic nitrogens is 1. The lowest BCUT2D eigenvalue weighted by Crippen LogP contribution is -2.17. The van der Waals surface area contributed by atoms with Gasteiger partial charge >= 0.3 is 0 Å². The molecule has 1 atom stereocenters. The zero-order valence-corrected chi connectivity index (χ0v) is 11.1. The quantitative estimate of drug-likeness (QED) is 0.789. The molecule has 2 nitrogen and oxygen atoms in total. The summed E-state index contributed by atoms with van der Waals surface area (Å²) in [5.41, 5.74) is 2.62. The first-order valence-corrected chi connectivity index (χ1v) is 7.01. The fourth-order valence-corrected chi connectivity index (χ4v) is 2.16. The minimum Gasteiger partial charge on any atom is -0.367 e. The number of hydrogen-bond donors (Lipinski definition) is 2. The second kappa shape index (κ2) is 5.94. The van der Waals surface area contributed by atoms with Gasteiger partial charge in [0.1, 0.15) is 0 Å². The van der Waals surface area contributed by atoms with E-state index in [0.717, 1.165) is 6.54 Å². The van der Waals surface area contributed by atoms with E-state index < -0.39 is 0 Å². The van der Waals surface area contributed by atoms with Crippen LogP contribution in [0.4, 0.5) is 0 Å². The third kappa shape index (κ3) is 3.38. The fraction of sp³-hybridized carbons (Fsp3) is 0.286. The van der Waals surface area contributed by atoms with Crippen molar-refractivity contribution in [2.24, 2.45) is 0 Å². The van der Waals surface area contributed by atoms with Gasteiger partial charge in [-0.1, -0.05) is 12.1 Å². The second-order valence-corrected chi connectivity index (χ2v) is 4.97. The number of rotatable bonds is 5. The van der Waals surface area contributed by atoms with Crippen molar-refractivity contribution in [2.75, 3.05) is 6.26 Å². The summed E-state index contributed by atoms with van der Waals surface area (Å²) < 4.78 is 0. The third-order valence-electron chi connectivity index (χ3n) is 2.89. The van der Waals surface area contributed by atoms with Crippen molar-refractivity contribution < 1.29 is 0 Å². The van der Waals surface area contributed by atoms with Gasteiger partial charge in [-0.3, -0.25) is 0 Å². The van der Waals surface area contributed by atoms with E-state index in [-0.39, 0.29) is 0 Å². The predicted molar refractivity (Wildman–Crippen MR) is 74.3 cm³/mol. The summed E-state index contributed by atoms with van der Waals surface area (Å²) in [6.45, 7) is 3.09. The Kier molecular flexibility index (Phi) is 4.29. The molecule has 0 fully saturated rings. The molecular weight excluding hydrogens is 228 g/mol. The van der Waals surface area contributed by atoms with Gasteiger partial charge in [-0.05, 0) is 42.5 Å². The van der Waals surface area contributed by atoms with Crippen LogP contribution in [0.1, 0.15) is 24.1 Å². The molecule has 1 aromatic carbocycles. The number of aromatic amines is 1. The summed E-state index contributed by atoms with van der Waals surface area (Å²) >= 11 is 1.78. The lowest BCUT2D eigenvalue weighted by atomic mass is 10.1. The van der Waals surface area contributed by atoms with Crippen LogP contribution in [0.5, 0.6) is 0 Å². The average molecular weight is 246 g/mol. The first-order chi connectivity index (χ1) is 8.29. The zero-order chi connectivity index (χ0) is 12.1. The maximum absolute atomic E-state index is 3.51. The minimum absolute atomic E-state index is 0.376. The summed E-state index contributed by atoms with van der Waals surface area (Å²) in [6.07, 6.45) is 6.08. The second-order valence-electron chi connectivity index (χ2n) is 4.10. The molecule has 2 aromatic rings. The Morgan fingerprint density at radius 3 is 2.59 bits per heavy atom. The van der Waals surface area contributed by atoms with Gasteiger partial charge in [0.2, 0.25) is 0 Å². The smallest absolute Gasteiger partial charge is 0.0294 e. The van der Waals surface area contributed by atoms with Crippen molar-refractivity contribution in [3.05, 3.63) is 53.9 Å². The van der Waals surface area contributed by atoms with Gasteiger partial charge in [0.25, 0.3) is 0 Å². The molecule has 0 spiro atoms. The highest BCUT2D eigenvalue weighted by Crippen LogP contribution is 2.19. The monoisotopic (exact) mass is 246 g/mol. The van der Waals surface area contributed by atoms with Gasteiger partial charge in [0, 0.05) is 29.9 Å². The number of thioether (sulfide) groups is 1. The van der Waals surface area contributed by atoms with Gasteiger partial charge < -0.3 is 10.3 Å². The molecule has 0 bridgehead atoms. The molecule has 2 rings (SSSR count). The van der Waals surface area contributed by atoms with Crippen LogP contribution in [0.25, 0.3) is 0 Å². The maximum atomic E-state index is 3.51. The molecule has 0 aliphatic heterocycles. The Hall–Kier alpha value is -1.19.